The minimum absolute atomic E-state index is 0. The van der Waals surface area contributed by atoms with E-state index in [1.54, 1.807) is 24.3 Å². The van der Waals surface area contributed by atoms with Crippen LogP contribution in [0, 0.1) is 5.82 Å². The molecule has 1 saturated heterocycles. The lowest BCUT2D eigenvalue weighted by Gasteiger charge is -2.43. The predicted octanol–water partition coefficient (Wildman–Crippen LogP) is 5.72. The van der Waals surface area contributed by atoms with Crippen molar-refractivity contribution >= 4 is 41.5 Å². The molecular formula is C24H28Cl3FN2O2. The van der Waals surface area contributed by atoms with Crippen LogP contribution in [-0.2, 0) is 17.6 Å². The highest BCUT2D eigenvalue weighted by Crippen LogP contribution is 2.40. The zero-order valence-corrected chi connectivity index (χ0v) is 20.6. The van der Waals surface area contributed by atoms with E-state index < -0.39 is 0 Å². The summed E-state index contributed by atoms with van der Waals surface area (Å²) in [5.41, 5.74) is 2.75. The Labute approximate surface area is 205 Å². The Morgan fingerprint density at radius 3 is 2.56 bits per heavy atom. The van der Waals surface area contributed by atoms with Gasteiger partial charge in [-0.1, -0.05) is 29.3 Å². The number of carbonyl (C=O) groups is 1. The van der Waals surface area contributed by atoms with Gasteiger partial charge in [0, 0.05) is 13.1 Å². The molecule has 0 unspecified atom stereocenters. The monoisotopic (exact) mass is 500 g/mol. The van der Waals surface area contributed by atoms with Gasteiger partial charge in [0.05, 0.1) is 29.6 Å². The molecule has 1 heterocycles. The topological polar surface area (TPSA) is 32.8 Å². The molecule has 2 atom stereocenters. The van der Waals surface area contributed by atoms with Crippen LogP contribution in [0.25, 0.3) is 0 Å². The number of likely N-dealkylation sites (N-methyl/N-ethyl adjacent to an activating group) is 1. The fourth-order valence-corrected chi connectivity index (χ4v) is 5.27. The third-order valence-electron chi connectivity index (χ3n) is 6.57. The standard InChI is InChI=1S/C24H27Cl2FN2O2.ClH/c1-28(23(30)12-15-5-7-18(25)19(26)11-15)24-17-14-22(31-2)20(27)13-16(17)6-8-21(24)29-9-3-4-10-29;/h5,7,11,13-14,21,24H,3-4,6,8-10,12H2,1-2H3;1H/t21-,24-;/m0./s1. The van der Waals surface area contributed by atoms with Gasteiger partial charge >= 0.3 is 0 Å². The van der Waals surface area contributed by atoms with Gasteiger partial charge in [0.1, 0.15) is 0 Å². The van der Waals surface area contributed by atoms with Crippen molar-refractivity contribution in [2.24, 2.45) is 0 Å². The van der Waals surface area contributed by atoms with Gasteiger partial charge in [-0.05, 0) is 79.7 Å². The number of hydrogen-bond donors (Lipinski definition) is 0. The normalized spacial score (nSPS) is 20.4. The van der Waals surface area contributed by atoms with Crippen molar-refractivity contribution in [1.29, 1.82) is 0 Å². The Balaban J connectivity index is 0.00000289. The summed E-state index contributed by atoms with van der Waals surface area (Å²) in [5, 5.41) is 0.906. The highest BCUT2D eigenvalue weighted by Gasteiger charge is 2.39. The number of methoxy groups -OCH3 is 1. The molecule has 2 aromatic carbocycles. The van der Waals surface area contributed by atoms with Crippen LogP contribution in [-0.4, -0.2) is 49.0 Å². The summed E-state index contributed by atoms with van der Waals surface area (Å²) in [4.78, 5) is 17.6. The number of rotatable bonds is 5. The molecule has 1 fully saturated rings. The van der Waals surface area contributed by atoms with E-state index in [2.05, 4.69) is 4.90 Å². The summed E-state index contributed by atoms with van der Waals surface area (Å²) in [6.45, 7) is 2.06. The first kappa shape index (κ1) is 25.1. The molecule has 2 aliphatic rings. The van der Waals surface area contributed by atoms with Crippen LogP contribution in [0.15, 0.2) is 30.3 Å². The van der Waals surface area contributed by atoms with Crippen molar-refractivity contribution in [2.75, 3.05) is 27.2 Å². The number of halogens is 4. The summed E-state index contributed by atoms with van der Waals surface area (Å²) in [6.07, 6.45) is 4.26. The molecule has 4 rings (SSSR count). The molecule has 1 aliphatic heterocycles. The quantitative estimate of drug-likeness (QED) is 0.526. The van der Waals surface area contributed by atoms with E-state index in [0.717, 1.165) is 42.6 Å². The van der Waals surface area contributed by atoms with Gasteiger partial charge in [-0.25, -0.2) is 4.39 Å². The summed E-state index contributed by atoms with van der Waals surface area (Å²) in [5.74, 6) is -0.149. The maximum atomic E-state index is 14.4. The van der Waals surface area contributed by atoms with E-state index in [0.29, 0.717) is 10.0 Å². The first-order valence-electron chi connectivity index (χ1n) is 10.7. The van der Waals surface area contributed by atoms with Gasteiger partial charge < -0.3 is 9.64 Å². The lowest BCUT2D eigenvalue weighted by atomic mass is 9.82. The van der Waals surface area contributed by atoms with Gasteiger partial charge in [-0.15, -0.1) is 12.4 Å². The lowest BCUT2D eigenvalue weighted by molar-refractivity contribution is -0.133. The second kappa shape index (κ2) is 10.6. The molecule has 8 heteroatoms. The number of benzene rings is 2. The lowest BCUT2D eigenvalue weighted by Crippen LogP contribution is -2.48. The van der Waals surface area contributed by atoms with Gasteiger partial charge in [-0.2, -0.15) is 0 Å². The second-order valence-corrected chi connectivity index (χ2v) is 9.22. The van der Waals surface area contributed by atoms with Gasteiger partial charge in [0.2, 0.25) is 5.91 Å². The van der Waals surface area contributed by atoms with Crippen LogP contribution in [0.3, 0.4) is 0 Å². The Hall–Kier alpha value is -1.53. The molecule has 1 aliphatic carbocycles. The minimum atomic E-state index is -0.357. The summed E-state index contributed by atoms with van der Waals surface area (Å²) in [6, 6.07) is 8.66. The molecule has 0 radical (unpaired) electrons. The van der Waals surface area contributed by atoms with Crippen LogP contribution in [0.4, 0.5) is 4.39 Å². The molecule has 0 N–H and O–H groups in total. The van der Waals surface area contributed by atoms with E-state index in [9.17, 15) is 9.18 Å². The van der Waals surface area contributed by atoms with E-state index in [1.807, 2.05) is 18.0 Å². The number of ether oxygens (including phenoxy) is 1. The molecular weight excluding hydrogens is 474 g/mol. The number of fused-ring (bicyclic) bond motifs is 1. The molecule has 4 nitrogen and oxygen atoms in total. The third kappa shape index (κ3) is 5.01. The molecule has 2 aromatic rings. The largest absolute Gasteiger partial charge is 0.494 e. The summed E-state index contributed by atoms with van der Waals surface area (Å²) in [7, 11) is 3.32. The van der Waals surface area contributed by atoms with E-state index in [-0.39, 0.29) is 48.4 Å². The zero-order chi connectivity index (χ0) is 22.1. The Morgan fingerprint density at radius 2 is 1.91 bits per heavy atom. The fourth-order valence-electron chi connectivity index (χ4n) is 4.95. The van der Waals surface area contributed by atoms with E-state index in [1.165, 1.54) is 20.0 Å². The molecule has 32 heavy (non-hydrogen) atoms. The number of amides is 1. The molecule has 0 aromatic heterocycles. The SMILES string of the molecule is COc1cc2c(cc1F)CC[C@H](N1CCCC1)[C@H]2N(C)C(=O)Cc1ccc(Cl)c(Cl)c1.Cl. The fraction of sp³-hybridized carbons (Fsp3) is 0.458. The number of aryl methyl sites for hydroxylation is 1. The van der Waals surface area contributed by atoms with Gasteiger partial charge in [0.25, 0.3) is 0 Å². The van der Waals surface area contributed by atoms with Crippen molar-refractivity contribution in [2.45, 2.75) is 44.2 Å². The molecule has 1 amide bonds. The molecule has 0 spiro atoms. The number of nitrogens with zero attached hydrogens (tertiary/aromatic N) is 2. The van der Waals surface area contributed by atoms with Crippen LogP contribution in [0.1, 0.15) is 42.0 Å². The van der Waals surface area contributed by atoms with Crippen molar-refractivity contribution in [3.8, 4) is 5.75 Å². The van der Waals surface area contributed by atoms with E-state index >= 15 is 0 Å². The number of hydrogen-bond acceptors (Lipinski definition) is 3. The van der Waals surface area contributed by atoms with Gasteiger partial charge in [-0.3, -0.25) is 9.69 Å². The maximum absolute atomic E-state index is 14.4. The first-order valence-corrected chi connectivity index (χ1v) is 11.4. The highest BCUT2D eigenvalue weighted by molar-refractivity contribution is 6.42. The molecule has 0 saturated carbocycles. The minimum Gasteiger partial charge on any atom is -0.494 e. The third-order valence-corrected chi connectivity index (χ3v) is 7.30. The second-order valence-electron chi connectivity index (χ2n) is 8.41. The predicted molar refractivity (Wildman–Crippen MR) is 129 cm³/mol. The van der Waals surface area contributed by atoms with Crippen LogP contribution < -0.4 is 4.74 Å². The first-order chi connectivity index (χ1) is 14.9. The maximum Gasteiger partial charge on any atom is 0.227 e. The average molecular weight is 502 g/mol. The zero-order valence-electron chi connectivity index (χ0n) is 18.2. The van der Waals surface area contributed by atoms with E-state index in [4.69, 9.17) is 27.9 Å². The highest BCUT2D eigenvalue weighted by atomic mass is 35.5. The van der Waals surface area contributed by atoms with Crippen molar-refractivity contribution in [3.05, 3.63) is 62.9 Å². The van der Waals surface area contributed by atoms with Crippen LogP contribution >= 0.6 is 35.6 Å². The number of likely N-dealkylation sites (tertiary alicyclic amines) is 1. The smallest absolute Gasteiger partial charge is 0.227 e. The molecule has 0 bridgehead atoms. The van der Waals surface area contributed by atoms with Gasteiger partial charge in [0.15, 0.2) is 11.6 Å². The van der Waals surface area contributed by atoms with Crippen molar-refractivity contribution < 1.29 is 13.9 Å². The van der Waals surface area contributed by atoms with Crippen LogP contribution in [0.2, 0.25) is 10.0 Å². The average Bonchev–Trinajstić information content (AvgIpc) is 3.29. The van der Waals surface area contributed by atoms with Crippen molar-refractivity contribution in [3.63, 3.8) is 0 Å². The number of carbonyl (C=O) groups excluding carboxylic acids is 1. The molecule has 174 valence electrons. The summed E-state index contributed by atoms with van der Waals surface area (Å²) >= 11 is 12.2. The Morgan fingerprint density at radius 1 is 1.19 bits per heavy atom. The summed E-state index contributed by atoms with van der Waals surface area (Å²) < 4.78 is 19.6. The van der Waals surface area contributed by atoms with Crippen LogP contribution in [0.5, 0.6) is 5.75 Å². The van der Waals surface area contributed by atoms with Crippen molar-refractivity contribution in [1.82, 2.24) is 9.80 Å². The Kier molecular flexibility index (Phi) is 8.31. The Bertz CT molecular complexity index is 982.